The molecule has 0 radical (unpaired) electrons. The first kappa shape index (κ1) is 14.8. The maximum Gasteiger partial charge on any atom is 0.0741 e. The van der Waals surface area contributed by atoms with Crippen molar-refractivity contribution < 1.29 is 4.74 Å². The van der Waals surface area contributed by atoms with Gasteiger partial charge in [0, 0.05) is 37.6 Å². The van der Waals surface area contributed by atoms with Crippen LogP contribution in [0.4, 0.5) is 11.4 Å². The summed E-state index contributed by atoms with van der Waals surface area (Å²) in [7, 11) is 1.74. The summed E-state index contributed by atoms with van der Waals surface area (Å²) in [6, 6.07) is 8.90. The molecule has 0 heterocycles. The molecule has 0 aromatic heterocycles. The molecule has 1 aromatic carbocycles. The molecule has 3 nitrogen and oxygen atoms in total. The molecule has 0 aliphatic heterocycles. The van der Waals surface area contributed by atoms with Crippen molar-refractivity contribution >= 4 is 11.4 Å². The molecule has 0 aliphatic carbocycles. The van der Waals surface area contributed by atoms with E-state index in [1.165, 1.54) is 5.69 Å². The molecule has 18 heavy (non-hydrogen) atoms. The van der Waals surface area contributed by atoms with Crippen LogP contribution < -0.4 is 10.2 Å². The first-order chi connectivity index (χ1) is 8.62. The van der Waals surface area contributed by atoms with Crippen LogP contribution in [0.2, 0.25) is 0 Å². The van der Waals surface area contributed by atoms with Crippen molar-refractivity contribution in [3.63, 3.8) is 0 Å². The van der Waals surface area contributed by atoms with E-state index >= 15 is 0 Å². The van der Waals surface area contributed by atoms with Gasteiger partial charge in [0.25, 0.3) is 0 Å². The minimum Gasteiger partial charge on any atom is -0.380 e. The van der Waals surface area contributed by atoms with Gasteiger partial charge in [-0.3, -0.25) is 0 Å². The largest absolute Gasteiger partial charge is 0.380 e. The number of ether oxygens (including phenoxy) is 1. The Kier molecular flexibility index (Phi) is 5.99. The molecule has 0 saturated heterocycles. The monoisotopic (exact) mass is 250 g/mol. The lowest BCUT2D eigenvalue weighted by Crippen LogP contribution is -2.29. The fourth-order valence-electron chi connectivity index (χ4n) is 1.94. The number of nitrogens with zero attached hydrogens (tertiary/aromatic N) is 1. The Bertz CT molecular complexity index is 333. The fourth-order valence-corrected chi connectivity index (χ4v) is 1.94. The first-order valence-electron chi connectivity index (χ1n) is 6.76. The van der Waals surface area contributed by atoms with Gasteiger partial charge in [-0.1, -0.05) is 0 Å². The zero-order chi connectivity index (χ0) is 13.5. The maximum absolute atomic E-state index is 5.31. The lowest BCUT2D eigenvalue weighted by atomic mass is 10.2. The highest BCUT2D eigenvalue weighted by Crippen LogP contribution is 2.18. The highest BCUT2D eigenvalue weighted by atomic mass is 16.5. The lowest BCUT2D eigenvalue weighted by molar-refractivity contribution is 0.106. The van der Waals surface area contributed by atoms with Crippen molar-refractivity contribution in [2.45, 2.75) is 39.8 Å². The van der Waals surface area contributed by atoms with Gasteiger partial charge in [0.05, 0.1) is 6.10 Å². The van der Waals surface area contributed by atoms with E-state index in [-0.39, 0.29) is 6.10 Å². The molecule has 0 bridgehead atoms. The van der Waals surface area contributed by atoms with Crippen LogP contribution >= 0.6 is 0 Å². The van der Waals surface area contributed by atoms with Gasteiger partial charge in [-0.05, 0) is 52.0 Å². The van der Waals surface area contributed by atoms with Crippen LogP contribution in [0.15, 0.2) is 24.3 Å². The molecule has 0 fully saturated rings. The number of hydrogen-bond acceptors (Lipinski definition) is 3. The Morgan fingerprint density at radius 3 is 2.11 bits per heavy atom. The highest BCUT2D eigenvalue weighted by molar-refractivity contribution is 5.55. The molecule has 0 spiro atoms. The highest BCUT2D eigenvalue weighted by Gasteiger charge is 2.10. The van der Waals surface area contributed by atoms with E-state index in [2.05, 4.69) is 62.2 Å². The number of nitrogens with one attached hydrogen (secondary N) is 1. The normalized spacial score (nSPS) is 14.1. The number of anilines is 2. The van der Waals surface area contributed by atoms with Gasteiger partial charge in [-0.15, -0.1) is 0 Å². The average Bonchev–Trinajstić information content (AvgIpc) is 2.41. The van der Waals surface area contributed by atoms with Crippen LogP contribution in [0.5, 0.6) is 0 Å². The van der Waals surface area contributed by atoms with Gasteiger partial charge >= 0.3 is 0 Å². The Morgan fingerprint density at radius 2 is 1.67 bits per heavy atom. The summed E-state index contributed by atoms with van der Waals surface area (Å²) in [6.45, 7) is 10.6. The Balaban J connectivity index is 2.65. The summed E-state index contributed by atoms with van der Waals surface area (Å²) in [5, 5.41) is 3.45. The first-order valence-corrected chi connectivity index (χ1v) is 6.76. The van der Waals surface area contributed by atoms with Crippen molar-refractivity contribution in [2.24, 2.45) is 0 Å². The van der Waals surface area contributed by atoms with Crippen molar-refractivity contribution in [1.82, 2.24) is 0 Å². The Labute approximate surface area is 111 Å². The van der Waals surface area contributed by atoms with E-state index in [1.54, 1.807) is 7.11 Å². The minimum absolute atomic E-state index is 0.201. The molecule has 3 heteroatoms. The van der Waals surface area contributed by atoms with Gasteiger partial charge in [0.2, 0.25) is 0 Å². The van der Waals surface area contributed by atoms with Gasteiger partial charge < -0.3 is 15.0 Å². The predicted octanol–water partition coefficient (Wildman–Crippen LogP) is 3.37. The molecule has 2 unspecified atom stereocenters. The van der Waals surface area contributed by atoms with Crippen molar-refractivity contribution in [3.05, 3.63) is 24.3 Å². The summed E-state index contributed by atoms with van der Waals surface area (Å²) in [4.78, 5) is 2.34. The summed E-state index contributed by atoms with van der Waals surface area (Å²) < 4.78 is 5.31. The third kappa shape index (κ3) is 3.91. The summed E-state index contributed by atoms with van der Waals surface area (Å²) in [5.74, 6) is 0. The van der Waals surface area contributed by atoms with E-state index < -0.39 is 0 Å². The quantitative estimate of drug-likeness (QED) is 0.803. The zero-order valence-electron chi connectivity index (χ0n) is 12.2. The van der Waals surface area contributed by atoms with Crippen LogP contribution in [0.1, 0.15) is 27.7 Å². The van der Waals surface area contributed by atoms with E-state index in [1.807, 2.05) is 0 Å². The van der Waals surface area contributed by atoms with Crippen LogP contribution in [-0.2, 0) is 4.74 Å². The second-order valence-corrected chi connectivity index (χ2v) is 4.59. The standard InChI is InChI=1S/C15H26N2O/c1-6-17(7-2)15-10-8-14(9-11-15)16-12(3)13(4)18-5/h8-13,16H,6-7H2,1-5H3. The molecule has 102 valence electrons. The Hall–Kier alpha value is -1.22. The van der Waals surface area contributed by atoms with Crippen LogP contribution in [0.3, 0.4) is 0 Å². The van der Waals surface area contributed by atoms with E-state index in [0.29, 0.717) is 6.04 Å². The van der Waals surface area contributed by atoms with Crippen molar-refractivity contribution in [1.29, 1.82) is 0 Å². The molecule has 1 rings (SSSR count). The molecular formula is C15H26N2O. The summed E-state index contributed by atoms with van der Waals surface area (Å²) in [5.41, 5.74) is 2.42. The van der Waals surface area contributed by atoms with Crippen molar-refractivity contribution in [2.75, 3.05) is 30.4 Å². The average molecular weight is 250 g/mol. The van der Waals surface area contributed by atoms with Gasteiger partial charge in [0.1, 0.15) is 0 Å². The number of methoxy groups -OCH3 is 1. The number of hydrogen-bond donors (Lipinski definition) is 1. The van der Waals surface area contributed by atoms with E-state index in [0.717, 1.165) is 18.8 Å². The summed E-state index contributed by atoms with van der Waals surface area (Å²) >= 11 is 0. The topological polar surface area (TPSA) is 24.5 Å². The third-order valence-corrected chi connectivity index (χ3v) is 3.47. The van der Waals surface area contributed by atoms with Gasteiger partial charge in [-0.2, -0.15) is 0 Å². The molecule has 1 aromatic rings. The summed E-state index contributed by atoms with van der Waals surface area (Å²) in [6.07, 6.45) is 0.201. The fraction of sp³-hybridized carbons (Fsp3) is 0.600. The second kappa shape index (κ2) is 7.27. The molecule has 2 atom stereocenters. The lowest BCUT2D eigenvalue weighted by Gasteiger charge is -2.23. The van der Waals surface area contributed by atoms with Crippen LogP contribution in [0.25, 0.3) is 0 Å². The number of rotatable bonds is 7. The molecular weight excluding hydrogens is 224 g/mol. The van der Waals surface area contributed by atoms with Crippen LogP contribution in [-0.4, -0.2) is 32.3 Å². The van der Waals surface area contributed by atoms with Crippen LogP contribution in [0, 0.1) is 0 Å². The maximum atomic E-state index is 5.31. The zero-order valence-corrected chi connectivity index (χ0v) is 12.2. The van der Waals surface area contributed by atoms with Gasteiger partial charge in [0.15, 0.2) is 0 Å². The molecule has 0 amide bonds. The molecule has 0 saturated carbocycles. The van der Waals surface area contributed by atoms with E-state index in [4.69, 9.17) is 4.74 Å². The minimum atomic E-state index is 0.201. The molecule has 0 aliphatic rings. The van der Waals surface area contributed by atoms with E-state index in [9.17, 15) is 0 Å². The smallest absolute Gasteiger partial charge is 0.0741 e. The second-order valence-electron chi connectivity index (χ2n) is 4.59. The SMILES string of the molecule is CCN(CC)c1ccc(NC(C)C(C)OC)cc1. The van der Waals surface area contributed by atoms with Crippen molar-refractivity contribution in [3.8, 4) is 0 Å². The third-order valence-electron chi connectivity index (χ3n) is 3.47. The number of benzene rings is 1. The van der Waals surface area contributed by atoms with Gasteiger partial charge in [-0.25, -0.2) is 0 Å². The Morgan fingerprint density at radius 1 is 1.11 bits per heavy atom. The predicted molar refractivity (Wildman–Crippen MR) is 79.6 cm³/mol. The molecule has 1 N–H and O–H groups in total.